The van der Waals surface area contributed by atoms with Crippen LogP contribution in [0.25, 0.3) is 0 Å². The number of carbonyl (C=O) groups is 1. The van der Waals surface area contributed by atoms with Crippen LogP contribution in [0.3, 0.4) is 0 Å². The van der Waals surface area contributed by atoms with Crippen LogP contribution in [-0.4, -0.2) is 44.0 Å². The first kappa shape index (κ1) is 16.7. The Hall–Kier alpha value is -1.69. The summed E-state index contributed by atoms with van der Waals surface area (Å²) < 4.78 is 0. The van der Waals surface area contributed by atoms with Crippen LogP contribution in [0.15, 0.2) is 29.3 Å². The van der Waals surface area contributed by atoms with Gasteiger partial charge in [-0.05, 0) is 30.1 Å². The quantitative estimate of drug-likeness (QED) is 0.426. The number of anilines is 1. The van der Waals surface area contributed by atoms with Gasteiger partial charge in [0.05, 0.1) is 0 Å². The van der Waals surface area contributed by atoms with E-state index in [1.54, 1.807) is 7.05 Å². The lowest BCUT2D eigenvalue weighted by molar-refractivity contribution is -0.116. The second-order valence-corrected chi connectivity index (χ2v) is 6.25. The number of para-hydroxylation sites is 1. The molecule has 5 nitrogen and oxygen atoms in total. The summed E-state index contributed by atoms with van der Waals surface area (Å²) in [6.45, 7) is 1.61. The number of benzene rings is 1. The predicted molar refractivity (Wildman–Crippen MR) is 94.8 cm³/mol. The van der Waals surface area contributed by atoms with Crippen molar-refractivity contribution in [3.8, 4) is 0 Å². The summed E-state index contributed by atoms with van der Waals surface area (Å²) in [5, 5.41) is 9.56. The Kier molecular flexibility index (Phi) is 6.58. The summed E-state index contributed by atoms with van der Waals surface area (Å²) in [4.78, 5) is 16.0. The number of guanidine groups is 1. The van der Waals surface area contributed by atoms with Gasteiger partial charge in [-0.25, -0.2) is 0 Å². The average molecular weight is 320 g/mol. The Labute approximate surface area is 136 Å². The Morgan fingerprint density at radius 2 is 2.23 bits per heavy atom. The third kappa shape index (κ3) is 4.66. The maximum Gasteiger partial charge on any atom is 0.225 e. The molecule has 1 atom stereocenters. The number of hydrogen-bond donors (Lipinski definition) is 3. The molecular formula is C16H24N4OS. The van der Waals surface area contributed by atoms with Crippen LogP contribution in [0, 0.1) is 0 Å². The molecule has 1 amide bonds. The van der Waals surface area contributed by atoms with Crippen molar-refractivity contribution in [1.29, 1.82) is 0 Å². The van der Waals surface area contributed by atoms with E-state index in [0.29, 0.717) is 13.0 Å². The molecule has 1 unspecified atom stereocenters. The topological polar surface area (TPSA) is 65.5 Å². The highest BCUT2D eigenvalue weighted by Gasteiger charge is 2.24. The summed E-state index contributed by atoms with van der Waals surface area (Å²) in [5.41, 5.74) is 2.11. The van der Waals surface area contributed by atoms with Gasteiger partial charge in [-0.3, -0.25) is 9.79 Å². The standard InChI is InChI=1S/C16H24N4OS/c1-17-16(18-8-5-9-22-2)19-11-12-10-15(21)20-14-7-4-3-6-13(12)14/h3-4,6-7,12H,5,8-11H2,1-2H3,(H,20,21)(H2,17,18,19). The molecular weight excluding hydrogens is 296 g/mol. The fourth-order valence-corrected chi connectivity index (χ4v) is 2.98. The molecule has 0 spiro atoms. The second kappa shape index (κ2) is 8.68. The average Bonchev–Trinajstić information content (AvgIpc) is 2.54. The number of nitrogens with zero attached hydrogens (tertiary/aromatic N) is 1. The highest BCUT2D eigenvalue weighted by Crippen LogP contribution is 2.31. The molecule has 1 aromatic rings. The maximum absolute atomic E-state index is 11.8. The van der Waals surface area contributed by atoms with E-state index in [9.17, 15) is 4.79 Å². The van der Waals surface area contributed by atoms with Crippen molar-refractivity contribution in [2.75, 3.05) is 37.5 Å². The van der Waals surface area contributed by atoms with E-state index in [-0.39, 0.29) is 11.8 Å². The molecule has 22 heavy (non-hydrogen) atoms. The van der Waals surface area contributed by atoms with Crippen LogP contribution in [0.1, 0.15) is 24.3 Å². The molecule has 0 saturated heterocycles. The third-order valence-corrected chi connectivity index (χ3v) is 4.36. The minimum Gasteiger partial charge on any atom is -0.356 e. The molecule has 2 rings (SSSR count). The molecule has 0 aromatic heterocycles. The Morgan fingerprint density at radius 3 is 3.00 bits per heavy atom. The molecule has 0 fully saturated rings. The summed E-state index contributed by atoms with van der Waals surface area (Å²) in [6.07, 6.45) is 3.72. The van der Waals surface area contributed by atoms with E-state index in [2.05, 4.69) is 33.3 Å². The number of nitrogens with one attached hydrogen (secondary N) is 3. The van der Waals surface area contributed by atoms with Crippen molar-refractivity contribution in [3.05, 3.63) is 29.8 Å². The van der Waals surface area contributed by atoms with Crippen molar-refractivity contribution >= 4 is 29.3 Å². The first-order chi connectivity index (χ1) is 10.7. The molecule has 3 N–H and O–H groups in total. The minimum atomic E-state index is 0.0772. The molecule has 120 valence electrons. The number of thioether (sulfide) groups is 1. The maximum atomic E-state index is 11.8. The molecule has 0 radical (unpaired) electrons. The summed E-state index contributed by atoms with van der Waals surface area (Å²) in [7, 11) is 1.77. The largest absolute Gasteiger partial charge is 0.356 e. The van der Waals surface area contributed by atoms with Crippen LogP contribution in [0.4, 0.5) is 5.69 Å². The number of aliphatic imine (C=N–C) groups is 1. The van der Waals surface area contributed by atoms with Gasteiger partial charge in [0.25, 0.3) is 0 Å². The van der Waals surface area contributed by atoms with Crippen molar-refractivity contribution in [2.45, 2.75) is 18.8 Å². The Balaban J connectivity index is 1.89. The van der Waals surface area contributed by atoms with Gasteiger partial charge < -0.3 is 16.0 Å². The van der Waals surface area contributed by atoms with E-state index in [0.717, 1.165) is 30.4 Å². The van der Waals surface area contributed by atoms with Gasteiger partial charge in [0.2, 0.25) is 5.91 Å². The fourth-order valence-electron chi connectivity index (χ4n) is 2.55. The lowest BCUT2D eigenvalue weighted by Gasteiger charge is -2.26. The molecule has 1 aromatic carbocycles. The lowest BCUT2D eigenvalue weighted by Crippen LogP contribution is -2.41. The van der Waals surface area contributed by atoms with Gasteiger partial charge >= 0.3 is 0 Å². The molecule has 1 aliphatic rings. The zero-order valence-electron chi connectivity index (χ0n) is 13.2. The first-order valence-corrected chi connectivity index (χ1v) is 8.96. The van der Waals surface area contributed by atoms with Crippen LogP contribution in [0.2, 0.25) is 0 Å². The highest BCUT2D eigenvalue weighted by atomic mass is 32.2. The molecule has 1 aliphatic heterocycles. The molecule has 1 heterocycles. The monoisotopic (exact) mass is 320 g/mol. The predicted octanol–water partition coefficient (Wildman–Crippen LogP) is 2.03. The van der Waals surface area contributed by atoms with Crippen molar-refractivity contribution < 1.29 is 4.79 Å². The molecule has 0 bridgehead atoms. The summed E-state index contributed by atoms with van der Waals surface area (Å²) in [6, 6.07) is 7.99. The Morgan fingerprint density at radius 1 is 1.41 bits per heavy atom. The summed E-state index contributed by atoms with van der Waals surface area (Å²) in [5.74, 6) is 2.19. The lowest BCUT2D eigenvalue weighted by atomic mass is 9.90. The van der Waals surface area contributed by atoms with Gasteiger partial charge in [-0.1, -0.05) is 18.2 Å². The number of amides is 1. The van der Waals surface area contributed by atoms with Crippen LogP contribution < -0.4 is 16.0 Å². The number of hydrogen-bond acceptors (Lipinski definition) is 3. The van der Waals surface area contributed by atoms with Crippen molar-refractivity contribution in [2.24, 2.45) is 4.99 Å². The van der Waals surface area contributed by atoms with Gasteiger partial charge in [0.1, 0.15) is 0 Å². The van der Waals surface area contributed by atoms with Gasteiger partial charge in [-0.2, -0.15) is 11.8 Å². The van der Waals surface area contributed by atoms with Crippen molar-refractivity contribution in [1.82, 2.24) is 10.6 Å². The van der Waals surface area contributed by atoms with E-state index in [4.69, 9.17) is 0 Å². The molecule has 6 heteroatoms. The van der Waals surface area contributed by atoms with Gasteiger partial charge in [0, 0.05) is 38.2 Å². The SMILES string of the molecule is CN=C(NCCCSC)NCC1CC(=O)Nc2ccccc21. The zero-order valence-corrected chi connectivity index (χ0v) is 14.0. The van der Waals surface area contributed by atoms with E-state index in [1.165, 1.54) is 5.56 Å². The van der Waals surface area contributed by atoms with Gasteiger partial charge in [-0.15, -0.1) is 0 Å². The van der Waals surface area contributed by atoms with E-state index in [1.807, 2.05) is 30.0 Å². The molecule has 0 aliphatic carbocycles. The first-order valence-electron chi connectivity index (χ1n) is 7.57. The van der Waals surface area contributed by atoms with Crippen LogP contribution in [0.5, 0.6) is 0 Å². The van der Waals surface area contributed by atoms with Gasteiger partial charge in [0.15, 0.2) is 5.96 Å². The fraction of sp³-hybridized carbons (Fsp3) is 0.500. The molecule has 0 saturated carbocycles. The smallest absolute Gasteiger partial charge is 0.225 e. The number of fused-ring (bicyclic) bond motifs is 1. The number of rotatable bonds is 6. The Bertz CT molecular complexity index is 533. The summed E-state index contributed by atoms with van der Waals surface area (Å²) >= 11 is 1.84. The second-order valence-electron chi connectivity index (χ2n) is 5.26. The minimum absolute atomic E-state index is 0.0772. The number of carbonyl (C=O) groups excluding carboxylic acids is 1. The van der Waals surface area contributed by atoms with Crippen LogP contribution in [-0.2, 0) is 4.79 Å². The van der Waals surface area contributed by atoms with E-state index >= 15 is 0 Å². The third-order valence-electron chi connectivity index (χ3n) is 3.66. The highest BCUT2D eigenvalue weighted by molar-refractivity contribution is 7.98. The van der Waals surface area contributed by atoms with Crippen molar-refractivity contribution in [3.63, 3.8) is 0 Å². The van der Waals surface area contributed by atoms with E-state index < -0.39 is 0 Å². The zero-order chi connectivity index (χ0) is 15.8. The van der Waals surface area contributed by atoms with Crippen LogP contribution >= 0.6 is 11.8 Å². The normalized spacial score (nSPS) is 17.6.